The van der Waals surface area contributed by atoms with Crippen LogP contribution in [0.2, 0.25) is 0 Å². The first-order valence-electron chi connectivity index (χ1n) is 5.86. The SMILES string of the molecule is C[C@H]1CNCC[C@H]1c1cccc(C(F)(F)F)c1. The Kier molecular flexibility index (Phi) is 3.43. The van der Waals surface area contributed by atoms with Gasteiger partial charge in [0, 0.05) is 0 Å². The lowest BCUT2D eigenvalue weighted by atomic mass is 9.82. The molecule has 0 saturated carbocycles. The van der Waals surface area contributed by atoms with Crippen LogP contribution in [0.5, 0.6) is 0 Å². The Morgan fingerprint density at radius 1 is 1.29 bits per heavy atom. The molecule has 2 rings (SSSR count). The summed E-state index contributed by atoms with van der Waals surface area (Å²) in [5.74, 6) is 0.616. The van der Waals surface area contributed by atoms with Crippen LogP contribution >= 0.6 is 0 Å². The third kappa shape index (κ3) is 2.80. The second kappa shape index (κ2) is 4.69. The molecule has 0 radical (unpaired) electrons. The highest BCUT2D eigenvalue weighted by molar-refractivity contribution is 5.29. The van der Waals surface area contributed by atoms with Gasteiger partial charge in [0.15, 0.2) is 0 Å². The molecule has 1 nitrogen and oxygen atoms in total. The summed E-state index contributed by atoms with van der Waals surface area (Å²) in [5, 5.41) is 3.26. The first-order valence-corrected chi connectivity index (χ1v) is 5.86. The maximum absolute atomic E-state index is 12.6. The Labute approximate surface area is 99.0 Å². The minimum atomic E-state index is -4.24. The van der Waals surface area contributed by atoms with E-state index in [0.717, 1.165) is 31.1 Å². The molecule has 1 aromatic carbocycles. The van der Waals surface area contributed by atoms with Gasteiger partial charge in [0.1, 0.15) is 0 Å². The number of hydrogen-bond acceptors (Lipinski definition) is 1. The monoisotopic (exact) mass is 243 g/mol. The number of alkyl halides is 3. The van der Waals surface area contributed by atoms with Crippen LogP contribution in [0, 0.1) is 5.92 Å². The lowest BCUT2D eigenvalue weighted by Crippen LogP contribution is -2.33. The maximum atomic E-state index is 12.6. The van der Waals surface area contributed by atoms with Crippen molar-refractivity contribution < 1.29 is 13.2 Å². The molecule has 1 aliphatic rings. The van der Waals surface area contributed by atoms with E-state index in [1.54, 1.807) is 0 Å². The van der Waals surface area contributed by atoms with Crippen LogP contribution in [-0.2, 0) is 6.18 Å². The van der Waals surface area contributed by atoms with Crippen molar-refractivity contribution in [2.75, 3.05) is 13.1 Å². The number of piperidine rings is 1. The Bertz CT molecular complexity index is 386. The normalized spacial score (nSPS) is 25.9. The summed E-state index contributed by atoms with van der Waals surface area (Å²) < 4.78 is 37.9. The molecule has 1 heterocycles. The number of nitrogens with one attached hydrogen (secondary N) is 1. The lowest BCUT2D eigenvalue weighted by molar-refractivity contribution is -0.137. The average molecular weight is 243 g/mol. The third-order valence-electron chi connectivity index (χ3n) is 3.43. The van der Waals surface area contributed by atoms with Gasteiger partial charge in [-0.3, -0.25) is 0 Å². The van der Waals surface area contributed by atoms with Crippen molar-refractivity contribution in [3.8, 4) is 0 Å². The predicted molar refractivity (Wildman–Crippen MR) is 60.8 cm³/mol. The van der Waals surface area contributed by atoms with E-state index in [2.05, 4.69) is 12.2 Å². The molecule has 4 heteroatoms. The molecule has 0 spiro atoms. The van der Waals surface area contributed by atoms with E-state index in [1.807, 2.05) is 6.07 Å². The first-order chi connectivity index (χ1) is 7.98. The van der Waals surface area contributed by atoms with Gasteiger partial charge in [-0.25, -0.2) is 0 Å². The Hall–Kier alpha value is -1.03. The van der Waals surface area contributed by atoms with Crippen molar-refractivity contribution >= 4 is 0 Å². The van der Waals surface area contributed by atoms with Crippen molar-refractivity contribution in [2.24, 2.45) is 5.92 Å². The fourth-order valence-corrected chi connectivity index (χ4v) is 2.45. The smallest absolute Gasteiger partial charge is 0.316 e. The van der Waals surface area contributed by atoms with Crippen molar-refractivity contribution in [2.45, 2.75) is 25.4 Å². The van der Waals surface area contributed by atoms with Crippen molar-refractivity contribution in [1.29, 1.82) is 0 Å². The van der Waals surface area contributed by atoms with E-state index in [4.69, 9.17) is 0 Å². The molecule has 0 unspecified atom stereocenters. The zero-order chi connectivity index (χ0) is 12.5. The van der Waals surface area contributed by atoms with Crippen LogP contribution in [-0.4, -0.2) is 13.1 Å². The van der Waals surface area contributed by atoms with Crippen LogP contribution in [0.4, 0.5) is 13.2 Å². The minimum Gasteiger partial charge on any atom is -0.316 e. The molecule has 1 fully saturated rings. The highest BCUT2D eigenvalue weighted by Crippen LogP contribution is 2.34. The summed E-state index contributed by atoms with van der Waals surface area (Å²) in [4.78, 5) is 0. The molecule has 0 aromatic heterocycles. The number of hydrogen-bond donors (Lipinski definition) is 1. The van der Waals surface area contributed by atoms with Crippen LogP contribution in [0.25, 0.3) is 0 Å². The van der Waals surface area contributed by atoms with Crippen LogP contribution in [0.1, 0.15) is 30.4 Å². The zero-order valence-electron chi connectivity index (χ0n) is 9.72. The van der Waals surface area contributed by atoms with E-state index >= 15 is 0 Å². The summed E-state index contributed by atoms with van der Waals surface area (Å²) in [5.41, 5.74) is 0.273. The summed E-state index contributed by atoms with van der Waals surface area (Å²) in [7, 11) is 0. The summed E-state index contributed by atoms with van der Waals surface area (Å²) in [6, 6.07) is 5.75. The fraction of sp³-hybridized carbons (Fsp3) is 0.538. The largest absolute Gasteiger partial charge is 0.416 e. The van der Waals surface area contributed by atoms with Gasteiger partial charge in [-0.1, -0.05) is 25.1 Å². The molecule has 0 aliphatic carbocycles. The van der Waals surface area contributed by atoms with Crippen LogP contribution in [0.3, 0.4) is 0 Å². The van der Waals surface area contributed by atoms with Gasteiger partial charge in [0.05, 0.1) is 5.56 Å². The quantitative estimate of drug-likeness (QED) is 0.797. The Balaban J connectivity index is 2.26. The molecule has 17 heavy (non-hydrogen) atoms. The van der Waals surface area contributed by atoms with Gasteiger partial charge in [-0.15, -0.1) is 0 Å². The van der Waals surface area contributed by atoms with Crippen molar-refractivity contribution in [3.05, 3.63) is 35.4 Å². The molecule has 2 atom stereocenters. The standard InChI is InChI=1S/C13H16F3N/c1-9-8-17-6-5-12(9)10-3-2-4-11(7-10)13(14,15)16/h2-4,7,9,12,17H,5-6,8H2,1H3/t9-,12+/m0/s1. The lowest BCUT2D eigenvalue weighted by Gasteiger charge is -2.30. The van der Waals surface area contributed by atoms with E-state index in [9.17, 15) is 13.2 Å². The van der Waals surface area contributed by atoms with Gasteiger partial charge in [0.25, 0.3) is 0 Å². The van der Waals surface area contributed by atoms with Crippen molar-refractivity contribution in [1.82, 2.24) is 5.32 Å². The van der Waals surface area contributed by atoms with E-state index in [1.165, 1.54) is 12.1 Å². The first kappa shape index (κ1) is 12.4. The maximum Gasteiger partial charge on any atom is 0.416 e. The van der Waals surface area contributed by atoms with Gasteiger partial charge >= 0.3 is 6.18 Å². The zero-order valence-corrected chi connectivity index (χ0v) is 9.72. The fourth-order valence-electron chi connectivity index (χ4n) is 2.45. The second-order valence-corrected chi connectivity index (χ2v) is 4.70. The number of rotatable bonds is 1. The summed E-state index contributed by atoms with van der Waals surface area (Å²) >= 11 is 0. The van der Waals surface area contributed by atoms with E-state index in [0.29, 0.717) is 5.92 Å². The predicted octanol–water partition coefficient (Wildman–Crippen LogP) is 3.42. The molecular weight excluding hydrogens is 227 g/mol. The molecule has 1 saturated heterocycles. The highest BCUT2D eigenvalue weighted by Gasteiger charge is 2.31. The van der Waals surface area contributed by atoms with Gasteiger partial charge in [-0.2, -0.15) is 13.2 Å². The average Bonchev–Trinajstić information content (AvgIpc) is 2.29. The molecule has 0 bridgehead atoms. The third-order valence-corrected chi connectivity index (χ3v) is 3.43. The van der Waals surface area contributed by atoms with Gasteiger partial charge in [0.2, 0.25) is 0 Å². The molecule has 1 N–H and O–H groups in total. The second-order valence-electron chi connectivity index (χ2n) is 4.70. The molecule has 1 aliphatic heterocycles. The van der Waals surface area contributed by atoms with Crippen LogP contribution < -0.4 is 5.32 Å². The van der Waals surface area contributed by atoms with Gasteiger partial charge in [-0.05, 0) is 43.0 Å². The summed E-state index contributed by atoms with van der Waals surface area (Å²) in [6.45, 7) is 3.84. The molecular formula is C13H16F3N. The summed E-state index contributed by atoms with van der Waals surface area (Å²) in [6.07, 6.45) is -3.34. The topological polar surface area (TPSA) is 12.0 Å². The molecule has 1 aromatic rings. The van der Waals surface area contributed by atoms with Gasteiger partial charge < -0.3 is 5.32 Å². The Morgan fingerprint density at radius 2 is 2.06 bits per heavy atom. The minimum absolute atomic E-state index is 0.235. The molecule has 0 amide bonds. The number of benzene rings is 1. The van der Waals surface area contributed by atoms with Crippen molar-refractivity contribution in [3.63, 3.8) is 0 Å². The molecule has 94 valence electrons. The van der Waals surface area contributed by atoms with E-state index < -0.39 is 11.7 Å². The Morgan fingerprint density at radius 3 is 2.71 bits per heavy atom. The van der Waals surface area contributed by atoms with Crippen LogP contribution in [0.15, 0.2) is 24.3 Å². The highest BCUT2D eigenvalue weighted by atomic mass is 19.4. The van der Waals surface area contributed by atoms with E-state index in [-0.39, 0.29) is 5.92 Å². The number of halogens is 3.